The number of carbonyl (C=O) groups is 1. The van der Waals surface area contributed by atoms with E-state index in [-0.39, 0.29) is 6.09 Å². The first kappa shape index (κ1) is 14.7. The van der Waals surface area contributed by atoms with E-state index in [2.05, 4.69) is 36.2 Å². The van der Waals surface area contributed by atoms with E-state index in [9.17, 15) is 4.79 Å². The van der Waals surface area contributed by atoms with Crippen molar-refractivity contribution in [1.82, 2.24) is 9.88 Å². The van der Waals surface area contributed by atoms with Crippen molar-refractivity contribution in [3.8, 4) is 5.88 Å². The third-order valence-electron chi connectivity index (χ3n) is 4.33. The number of aryl methyl sites for hydroxylation is 1. The molecular weight excluding hydrogens is 300 g/mol. The fraction of sp³-hybridized carbons (Fsp3) is 0.200. The molecule has 2 heterocycles. The zero-order chi connectivity index (χ0) is 16.5. The molecule has 4 rings (SSSR count). The summed E-state index contributed by atoms with van der Waals surface area (Å²) in [6, 6.07) is 18.3. The predicted octanol–water partition coefficient (Wildman–Crippen LogP) is 4.10. The summed E-state index contributed by atoms with van der Waals surface area (Å²) in [5, 5.41) is 1.08. The van der Waals surface area contributed by atoms with Crippen LogP contribution in [0.4, 0.5) is 4.79 Å². The summed E-state index contributed by atoms with van der Waals surface area (Å²) in [6.45, 7) is 3.23. The van der Waals surface area contributed by atoms with Gasteiger partial charge in [0.25, 0.3) is 0 Å². The SMILES string of the molecule is Cc1ccc2nc3c(cc2c1)CN(CCc1ccccc1)C(=O)O3. The van der Waals surface area contributed by atoms with Crippen LogP contribution >= 0.6 is 0 Å². The molecule has 0 atom stereocenters. The van der Waals surface area contributed by atoms with E-state index in [1.165, 1.54) is 11.1 Å². The van der Waals surface area contributed by atoms with Crippen molar-refractivity contribution in [2.24, 2.45) is 0 Å². The summed E-state index contributed by atoms with van der Waals surface area (Å²) in [7, 11) is 0. The van der Waals surface area contributed by atoms with Gasteiger partial charge in [-0.1, -0.05) is 42.0 Å². The Kier molecular flexibility index (Phi) is 3.65. The number of fused-ring (bicyclic) bond motifs is 2. The van der Waals surface area contributed by atoms with Gasteiger partial charge >= 0.3 is 6.09 Å². The Balaban J connectivity index is 1.57. The minimum absolute atomic E-state index is 0.322. The van der Waals surface area contributed by atoms with Crippen molar-refractivity contribution in [1.29, 1.82) is 0 Å². The van der Waals surface area contributed by atoms with Crippen LogP contribution in [0.25, 0.3) is 10.9 Å². The van der Waals surface area contributed by atoms with Gasteiger partial charge in [0.2, 0.25) is 5.88 Å². The highest BCUT2D eigenvalue weighted by Crippen LogP contribution is 2.28. The Bertz CT molecular complexity index is 906. The third kappa shape index (κ3) is 2.83. The monoisotopic (exact) mass is 318 g/mol. The maximum absolute atomic E-state index is 12.2. The lowest BCUT2D eigenvalue weighted by Gasteiger charge is -2.27. The first-order valence-corrected chi connectivity index (χ1v) is 8.10. The van der Waals surface area contributed by atoms with Crippen LogP contribution < -0.4 is 4.74 Å². The Hall–Kier alpha value is -2.88. The molecular formula is C20H18N2O2. The Morgan fingerprint density at radius 1 is 1.12 bits per heavy atom. The number of benzene rings is 2. The average Bonchev–Trinajstić information content (AvgIpc) is 2.59. The number of hydrogen-bond donors (Lipinski definition) is 0. The number of amides is 1. The number of carbonyl (C=O) groups excluding carboxylic acids is 1. The Morgan fingerprint density at radius 3 is 2.79 bits per heavy atom. The number of rotatable bonds is 3. The minimum atomic E-state index is -0.322. The van der Waals surface area contributed by atoms with Crippen LogP contribution in [0.15, 0.2) is 54.6 Å². The molecule has 2 aromatic carbocycles. The maximum Gasteiger partial charge on any atom is 0.416 e. The zero-order valence-corrected chi connectivity index (χ0v) is 13.5. The number of pyridine rings is 1. The molecule has 0 saturated heterocycles. The fourth-order valence-corrected chi connectivity index (χ4v) is 3.02. The number of ether oxygens (including phenoxy) is 1. The molecule has 120 valence electrons. The third-order valence-corrected chi connectivity index (χ3v) is 4.33. The number of nitrogens with zero attached hydrogens (tertiary/aromatic N) is 2. The van der Waals surface area contributed by atoms with Crippen LogP contribution in [0.1, 0.15) is 16.7 Å². The normalized spacial score (nSPS) is 13.7. The van der Waals surface area contributed by atoms with Crippen LogP contribution in [-0.2, 0) is 13.0 Å². The molecule has 0 bridgehead atoms. The maximum atomic E-state index is 12.2. The van der Waals surface area contributed by atoms with Crippen molar-refractivity contribution in [2.45, 2.75) is 19.9 Å². The average molecular weight is 318 g/mol. The van der Waals surface area contributed by atoms with Gasteiger partial charge in [0, 0.05) is 17.5 Å². The van der Waals surface area contributed by atoms with Crippen LogP contribution in [-0.4, -0.2) is 22.5 Å². The van der Waals surface area contributed by atoms with Gasteiger partial charge in [0.1, 0.15) is 0 Å². The summed E-state index contributed by atoms with van der Waals surface area (Å²) < 4.78 is 5.45. The van der Waals surface area contributed by atoms with E-state index in [0.29, 0.717) is 19.0 Å². The van der Waals surface area contributed by atoms with E-state index in [1.807, 2.05) is 30.3 Å². The molecule has 1 aliphatic rings. The summed E-state index contributed by atoms with van der Waals surface area (Å²) in [5.41, 5.74) is 4.21. The van der Waals surface area contributed by atoms with Gasteiger partial charge in [0.15, 0.2) is 0 Å². The van der Waals surface area contributed by atoms with Crippen LogP contribution in [0, 0.1) is 6.92 Å². The summed E-state index contributed by atoms with van der Waals surface area (Å²) >= 11 is 0. The summed E-state index contributed by atoms with van der Waals surface area (Å²) in [5.74, 6) is 0.437. The van der Waals surface area contributed by atoms with Gasteiger partial charge in [-0.3, -0.25) is 0 Å². The predicted molar refractivity (Wildman–Crippen MR) is 93.1 cm³/mol. The van der Waals surface area contributed by atoms with Crippen LogP contribution in [0.2, 0.25) is 0 Å². The van der Waals surface area contributed by atoms with Crippen LogP contribution in [0.3, 0.4) is 0 Å². The fourth-order valence-electron chi connectivity index (χ4n) is 3.02. The van der Waals surface area contributed by atoms with E-state index in [1.54, 1.807) is 4.90 Å². The lowest BCUT2D eigenvalue weighted by Crippen LogP contribution is -2.38. The summed E-state index contributed by atoms with van der Waals surface area (Å²) in [6.07, 6.45) is 0.489. The molecule has 4 heteroatoms. The van der Waals surface area contributed by atoms with Crippen molar-refractivity contribution in [3.05, 3.63) is 71.3 Å². The molecule has 0 radical (unpaired) electrons. The Labute approximate surface area is 140 Å². The second kappa shape index (κ2) is 5.96. The van der Waals surface area contributed by atoms with Crippen molar-refractivity contribution in [2.75, 3.05) is 6.54 Å². The largest absolute Gasteiger partial charge is 0.416 e. The topological polar surface area (TPSA) is 42.4 Å². The standard InChI is InChI=1S/C20H18N2O2/c1-14-7-8-18-16(11-14)12-17-13-22(20(23)24-19(17)21-18)10-9-15-5-3-2-4-6-15/h2-8,11-12H,9-10,13H2,1H3. The van der Waals surface area contributed by atoms with Crippen molar-refractivity contribution >= 4 is 17.0 Å². The van der Waals surface area contributed by atoms with Gasteiger partial charge in [-0.15, -0.1) is 0 Å². The molecule has 3 aromatic rings. The first-order chi connectivity index (χ1) is 11.7. The highest BCUT2D eigenvalue weighted by molar-refractivity contribution is 5.82. The first-order valence-electron chi connectivity index (χ1n) is 8.10. The Morgan fingerprint density at radius 2 is 1.96 bits per heavy atom. The van der Waals surface area contributed by atoms with Crippen molar-refractivity contribution < 1.29 is 9.53 Å². The molecule has 0 spiro atoms. The number of aromatic nitrogens is 1. The van der Waals surface area contributed by atoms with Gasteiger partial charge in [0.05, 0.1) is 12.1 Å². The lowest BCUT2D eigenvalue weighted by atomic mass is 10.1. The molecule has 0 unspecified atom stereocenters. The van der Waals surface area contributed by atoms with Crippen molar-refractivity contribution in [3.63, 3.8) is 0 Å². The smallest absolute Gasteiger partial charge is 0.391 e. The number of hydrogen-bond acceptors (Lipinski definition) is 3. The molecule has 0 N–H and O–H groups in total. The van der Waals surface area contributed by atoms with Gasteiger partial charge < -0.3 is 9.64 Å². The lowest BCUT2D eigenvalue weighted by molar-refractivity contribution is 0.137. The van der Waals surface area contributed by atoms with Gasteiger partial charge in [-0.2, -0.15) is 0 Å². The molecule has 24 heavy (non-hydrogen) atoms. The summed E-state index contributed by atoms with van der Waals surface area (Å²) in [4.78, 5) is 18.5. The quantitative estimate of drug-likeness (QED) is 0.730. The van der Waals surface area contributed by atoms with Crippen LogP contribution in [0.5, 0.6) is 5.88 Å². The van der Waals surface area contributed by atoms with Gasteiger partial charge in [-0.05, 0) is 37.1 Å². The van der Waals surface area contributed by atoms with E-state index >= 15 is 0 Å². The molecule has 0 saturated carbocycles. The molecule has 0 fully saturated rings. The highest BCUT2D eigenvalue weighted by atomic mass is 16.6. The molecule has 1 aliphatic heterocycles. The van der Waals surface area contributed by atoms with E-state index in [4.69, 9.17) is 4.74 Å². The molecule has 1 aromatic heterocycles. The van der Waals surface area contributed by atoms with Gasteiger partial charge in [-0.25, -0.2) is 9.78 Å². The van der Waals surface area contributed by atoms with E-state index < -0.39 is 0 Å². The molecule has 4 nitrogen and oxygen atoms in total. The minimum Gasteiger partial charge on any atom is -0.391 e. The highest BCUT2D eigenvalue weighted by Gasteiger charge is 2.26. The molecule has 1 amide bonds. The second-order valence-corrected chi connectivity index (χ2v) is 6.17. The molecule has 0 aliphatic carbocycles. The second-order valence-electron chi connectivity index (χ2n) is 6.17. The van der Waals surface area contributed by atoms with E-state index in [0.717, 1.165) is 22.9 Å². The zero-order valence-electron chi connectivity index (χ0n) is 13.5.